The van der Waals surface area contributed by atoms with E-state index in [9.17, 15) is 18.3 Å². The number of hydrogen-bond acceptors (Lipinski definition) is 7. The molecule has 1 N–H and O–H groups in total. The molecule has 8 nitrogen and oxygen atoms in total. The fraction of sp³-hybridized carbons (Fsp3) is 0.667. The van der Waals surface area contributed by atoms with E-state index in [0.717, 1.165) is 37.3 Å². The molecule has 198 valence electrons. The van der Waals surface area contributed by atoms with Crippen LogP contribution in [0.2, 0.25) is 0 Å². The van der Waals surface area contributed by atoms with Crippen molar-refractivity contribution in [1.29, 1.82) is 0 Å². The average molecular weight is 509 g/mol. The molecule has 3 heterocycles. The summed E-state index contributed by atoms with van der Waals surface area (Å²) >= 11 is 0. The number of nitrogens with zero attached hydrogens (tertiary/aromatic N) is 5. The maximum Gasteiger partial charge on any atom is 0.494 e. The van der Waals surface area contributed by atoms with Crippen LogP contribution in [0, 0.1) is 0 Å². The van der Waals surface area contributed by atoms with E-state index in [0.29, 0.717) is 0 Å². The second-order valence-electron chi connectivity index (χ2n) is 10.8. The monoisotopic (exact) mass is 509 g/mol. The maximum absolute atomic E-state index is 12.8. The van der Waals surface area contributed by atoms with E-state index >= 15 is 0 Å². The zero-order valence-corrected chi connectivity index (χ0v) is 21.7. The smallest absolute Gasteiger partial charge is 0.399 e. The van der Waals surface area contributed by atoms with E-state index in [-0.39, 0.29) is 23.3 Å². The normalized spacial score (nSPS) is 23.1. The van der Waals surface area contributed by atoms with Crippen LogP contribution in [-0.2, 0) is 9.31 Å². The third-order valence-corrected chi connectivity index (χ3v) is 7.91. The molecule has 12 heteroatoms. The van der Waals surface area contributed by atoms with Crippen molar-refractivity contribution in [3.8, 4) is 0 Å². The van der Waals surface area contributed by atoms with Gasteiger partial charge in [-0.15, -0.1) is 5.10 Å². The SMILES string of the molecule is CC([C@@H](C)N1CCN(c2ccc(B3OC(C)(C)C(C)(C)O3)cc2)CC1)n1cc(C(O)C(F)(F)F)nn1. The van der Waals surface area contributed by atoms with Crippen molar-refractivity contribution in [3.05, 3.63) is 36.2 Å². The van der Waals surface area contributed by atoms with Crippen LogP contribution in [0.25, 0.3) is 0 Å². The molecule has 2 aromatic rings. The lowest BCUT2D eigenvalue weighted by Gasteiger charge is -2.40. The van der Waals surface area contributed by atoms with E-state index in [2.05, 4.69) is 32.2 Å². The van der Waals surface area contributed by atoms with Gasteiger partial charge in [-0.3, -0.25) is 4.90 Å². The summed E-state index contributed by atoms with van der Waals surface area (Å²) in [5.74, 6) is 0. The van der Waals surface area contributed by atoms with Gasteiger partial charge in [-0.25, -0.2) is 4.68 Å². The van der Waals surface area contributed by atoms with Gasteiger partial charge in [0.1, 0.15) is 5.69 Å². The average Bonchev–Trinajstić information content (AvgIpc) is 3.39. The molecule has 36 heavy (non-hydrogen) atoms. The van der Waals surface area contributed by atoms with Crippen molar-refractivity contribution < 1.29 is 27.6 Å². The lowest BCUT2D eigenvalue weighted by Crippen LogP contribution is -2.51. The predicted octanol–water partition coefficient (Wildman–Crippen LogP) is 2.94. The number of aliphatic hydroxyl groups excluding tert-OH is 1. The van der Waals surface area contributed by atoms with Crippen LogP contribution in [0.1, 0.15) is 59.4 Å². The maximum atomic E-state index is 12.8. The topological polar surface area (TPSA) is 75.9 Å². The first-order valence-corrected chi connectivity index (χ1v) is 12.3. The first-order chi connectivity index (χ1) is 16.7. The van der Waals surface area contributed by atoms with Crippen LogP contribution in [-0.4, -0.2) is 81.7 Å². The molecular weight excluding hydrogens is 474 g/mol. The Bertz CT molecular complexity index is 1020. The third-order valence-electron chi connectivity index (χ3n) is 7.91. The summed E-state index contributed by atoms with van der Waals surface area (Å²) in [7, 11) is -0.391. The number of alkyl halides is 3. The molecule has 2 fully saturated rings. The Morgan fingerprint density at radius 2 is 1.50 bits per heavy atom. The number of aliphatic hydroxyl groups is 1. The van der Waals surface area contributed by atoms with Crippen molar-refractivity contribution in [2.24, 2.45) is 0 Å². The Labute approximate surface area is 210 Å². The zero-order valence-electron chi connectivity index (χ0n) is 21.7. The molecular formula is C24H35BF3N5O3. The summed E-state index contributed by atoms with van der Waals surface area (Å²) < 4.78 is 52.0. The first-order valence-electron chi connectivity index (χ1n) is 12.3. The van der Waals surface area contributed by atoms with Gasteiger partial charge in [0.05, 0.1) is 23.4 Å². The summed E-state index contributed by atoms with van der Waals surface area (Å²) in [5.41, 5.74) is 0.855. The minimum absolute atomic E-state index is 0.0236. The standard InChI is InChI=1S/C24H35BF3N5O3/c1-16(17(2)33-15-20(29-30-33)21(34)24(26,27)28)31-11-13-32(14-12-31)19-9-7-18(8-10-19)25-35-22(3,4)23(5,6)36-25/h7-10,15-17,21,34H,11-14H2,1-6H3/t16-,17?,21?/m1/s1. The molecule has 4 rings (SSSR count). The first kappa shape index (κ1) is 26.9. The van der Waals surface area contributed by atoms with E-state index in [4.69, 9.17) is 9.31 Å². The number of benzene rings is 1. The highest BCUT2D eigenvalue weighted by molar-refractivity contribution is 6.62. The van der Waals surface area contributed by atoms with E-state index in [1.165, 1.54) is 10.9 Å². The number of piperazine rings is 1. The van der Waals surface area contributed by atoms with Crippen molar-refractivity contribution in [2.45, 2.75) is 77.1 Å². The second kappa shape index (κ2) is 9.62. The van der Waals surface area contributed by atoms with Crippen LogP contribution in [0.4, 0.5) is 18.9 Å². The van der Waals surface area contributed by atoms with Crippen molar-refractivity contribution in [1.82, 2.24) is 19.9 Å². The minimum Gasteiger partial charge on any atom is -0.399 e. The van der Waals surface area contributed by atoms with Gasteiger partial charge in [0.25, 0.3) is 0 Å². The highest BCUT2D eigenvalue weighted by Gasteiger charge is 2.51. The van der Waals surface area contributed by atoms with Crippen LogP contribution in [0.15, 0.2) is 30.5 Å². The van der Waals surface area contributed by atoms with Crippen molar-refractivity contribution in [2.75, 3.05) is 31.1 Å². The highest BCUT2D eigenvalue weighted by atomic mass is 19.4. The molecule has 0 bridgehead atoms. The number of aromatic nitrogens is 3. The molecule has 2 saturated heterocycles. The number of rotatable bonds is 6. The van der Waals surface area contributed by atoms with Crippen LogP contribution in [0.5, 0.6) is 0 Å². The predicted molar refractivity (Wildman–Crippen MR) is 131 cm³/mol. The van der Waals surface area contributed by atoms with Crippen molar-refractivity contribution in [3.63, 3.8) is 0 Å². The Morgan fingerprint density at radius 1 is 0.944 bits per heavy atom. The summed E-state index contributed by atoms with van der Waals surface area (Å²) in [6.07, 6.45) is -6.22. The second-order valence-corrected chi connectivity index (χ2v) is 10.8. The molecule has 2 aliphatic heterocycles. The Morgan fingerprint density at radius 3 is 2.03 bits per heavy atom. The van der Waals surface area contributed by atoms with Gasteiger partial charge in [-0.2, -0.15) is 13.2 Å². The van der Waals surface area contributed by atoms with Crippen LogP contribution in [0.3, 0.4) is 0 Å². The van der Waals surface area contributed by atoms with E-state index in [1.54, 1.807) is 0 Å². The molecule has 0 saturated carbocycles. The van der Waals surface area contributed by atoms with Gasteiger partial charge < -0.3 is 19.3 Å². The lowest BCUT2D eigenvalue weighted by atomic mass is 9.79. The molecule has 0 spiro atoms. The number of halogens is 3. The Balaban J connectivity index is 1.33. The van der Waals surface area contributed by atoms with Crippen LogP contribution < -0.4 is 10.4 Å². The van der Waals surface area contributed by atoms with Gasteiger partial charge in [-0.05, 0) is 59.1 Å². The quantitative estimate of drug-likeness (QED) is 0.601. The van der Waals surface area contributed by atoms with Gasteiger partial charge in [0, 0.05) is 37.9 Å². The van der Waals surface area contributed by atoms with Crippen molar-refractivity contribution >= 4 is 18.3 Å². The molecule has 0 radical (unpaired) electrons. The summed E-state index contributed by atoms with van der Waals surface area (Å²) in [6.45, 7) is 15.3. The Kier molecular flexibility index (Phi) is 7.19. The molecule has 1 aromatic carbocycles. The summed E-state index contributed by atoms with van der Waals surface area (Å²) in [6, 6.07) is 8.09. The highest BCUT2D eigenvalue weighted by Crippen LogP contribution is 2.36. The van der Waals surface area contributed by atoms with E-state index in [1.807, 2.05) is 53.7 Å². The summed E-state index contributed by atoms with van der Waals surface area (Å²) in [4.78, 5) is 4.61. The molecule has 0 amide bonds. The van der Waals surface area contributed by atoms with E-state index < -0.39 is 25.1 Å². The molecule has 2 unspecified atom stereocenters. The zero-order chi connectivity index (χ0) is 26.5. The molecule has 3 atom stereocenters. The third kappa shape index (κ3) is 5.27. The Hall–Kier alpha value is -2.15. The molecule has 0 aliphatic carbocycles. The molecule has 2 aliphatic rings. The molecule has 1 aromatic heterocycles. The van der Waals surface area contributed by atoms with Gasteiger partial charge in [0.2, 0.25) is 0 Å². The lowest BCUT2D eigenvalue weighted by molar-refractivity contribution is -0.208. The minimum atomic E-state index is -4.77. The fourth-order valence-electron chi connectivity index (χ4n) is 4.52. The van der Waals surface area contributed by atoms with Gasteiger partial charge in [0.15, 0.2) is 6.10 Å². The van der Waals surface area contributed by atoms with Crippen LogP contribution >= 0.6 is 0 Å². The number of anilines is 1. The largest absolute Gasteiger partial charge is 0.494 e. The fourth-order valence-corrected chi connectivity index (χ4v) is 4.52. The number of hydrogen-bond donors (Lipinski definition) is 1. The summed E-state index contributed by atoms with van der Waals surface area (Å²) in [5, 5.41) is 16.8. The van der Waals surface area contributed by atoms with Gasteiger partial charge in [-0.1, -0.05) is 17.3 Å². The van der Waals surface area contributed by atoms with Gasteiger partial charge >= 0.3 is 13.3 Å².